The van der Waals surface area contributed by atoms with Crippen molar-refractivity contribution < 1.29 is 5.11 Å². The van der Waals surface area contributed by atoms with Gasteiger partial charge in [0.15, 0.2) is 5.88 Å². The number of aromatic nitrogens is 2. The van der Waals surface area contributed by atoms with Crippen molar-refractivity contribution in [3.63, 3.8) is 0 Å². The van der Waals surface area contributed by atoms with E-state index in [2.05, 4.69) is 33.2 Å². The second-order valence-corrected chi connectivity index (χ2v) is 6.08. The minimum absolute atomic E-state index is 0.173. The van der Waals surface area contributed by atoms with Crippen molar-refractivity contribution in [3.05, 3.63) is 65.4 Å². The summed E-state index contributed by atoms with van der Waals surface area (Å²) in [5, 5.41) is 12.3. The zero-order valence-electron chi connectivity index (χ0n) is 13.5. The zero-order valence-corrected chi connectivity index (χ0v) is 13.5. The van der Waals surface area contributed by atoms with Crippen LogP contribution in [0.2, 0.25) is 0 Å². The predicted octanol–water partition coefficient (Wildman–Crippen LogP) is 4.32. The highest BCUT2D eigenvalue weighted by Gasteiger charge is 2.08. The van der Waals surface area contributed by atoms with Crippen LogP contribution in [0.3, 0.4) is 0 Å². The largest absolute Gasteiger partial charge is 0.494 e. The molecule has 0 aliphatic heterocycles. The molecule has 120 valence electrons. The lowest BCUT2D eigenvalue weighted by molar-refractivity contribution is 0.457. The van der Waals surface area contributed by atoms with Gasteiger partial charge in [-0.25, -0.2) is 0 Å². The minimum Gasteiger partial charge on any atom is -0.494 e. The van der Waals surface area contributed by atoms with Gasteiger partial charge in [0.05, 0.1) is 5.56 Å². The molecule has 4 heteroatoms. The number of nitrogens with zero attached hydrogens (tertiary/aromatic N) is 1. The Morgan fingerprint density at radius 3 is 2.88 bits per heavy atom. The number of hydrogen-bond acceptors (Lipinski definition) is 2. The summed E-state index contributed by atoms with van der Waals surface area (Å²) in [5.41, 5.74) is 5.27. The third-order valence-corrected chi connectivity index (χ3v) is 4.38. The standard InChI is InChI=1S/C20H19N3O/c1-13-6-7-16-17(20(24)23-19(16)10-13)12-21-9-8-14-11-22-18-5-3-2-4-15(14)18/h2-7,10-12,22-24H,8-9H2,1H3. The molecule has 4 rings (SSSR count). The molecule has 0 saturated heterocycles. The van der Waals surface area contributed by atoms with Crippen LogP contribution in [0.4, 0.5) is 0 Å². The first-order valence-corrected chi connectivity index (χ1v) is 8.08. The van der Waals surface area contributed by atoms with Crippen LogP contribution in [0, 0.1) is 6.92 Å². The van der Waals surface area contributed by atoms with E-state index < -0.39 is 0 Å². The SMILES string of the molecule is Cc1ccc2c(C=NCCc3c[nH]c4ccccc34)c(O)[nH]c2c1. The van der Waals surface area contributed by atoms with E-state index in [1.807, 2.05) is 37.4 Å². The number of benzene rings is 2. The molecule has 0 amide bonds. The maximum Gasteiger partial charge on any atom is 0.198 e. The Kier molecular flexibility index (Phi) is 3.58. The average Bonchev–Trinajstić information content (AvgIpc) is 3.12. The van der Waals surface area contributed by atoms with Crippen molar-refractivity contribution in [1.82, 2.24) is 9.97 Å². The van der Waals surface area contributed by atoms with Crippen molar-refractivity contribution in [1.29, 1.82) is 0 Å². The molecule has 4 aromatic rings. The van der Waals surface area contributed by atoms with Gasteiger partial charge < -0.3 is 15.1 Å². The van der Waals surface area contributed by atoms with E-state index in [-0.39, 0.29) is 5.88 Å². The fourth-order valence-corrected chi connectivity index (χ4v) is 3.13. The van der Waals surface area contributed by atoms with E-state index in [0.717, 1.165) is 34.0 Å². The number of aromatic hydroxyl groups is 1. The average molecular weight is 317 g/mol. The lowest BCUT2D eigenvalue weighted by Crippen LogP contribution is -1.89. The quantitative estimate of drug-likeness (QED) is 0.482. The van der Waals surface area contributed by atoms with Crippen LogP contribution < -0.4 is 0 Å². The van der Waals surface area contributed by atoms with Crippen molar-refractivity contribution in [2.75, 3.05) is 6.54 Å². The fraction of sp³-hybridized carbons (Fsp3) is 0.150. The molecular weight excluding hydrogens is 298 g/mol. The summed E-state index contributed by atoms with van der Waals surface area (Å²) < 4.78 is 0. The maximum absolute atomic E-state index is 10.1. The van der Waals surface area contributed by atoms with E-state index >= 15 is 0 Å². The Morgan fingerprint density at radius 2 is 1.96 bits per heavy atom. The van der Waals surface area contributed by atoms with Crippen molar-refractivity contribution in [2.45, 2.75) is 13.3 Å². The molecule has 2 heterocycles. The molecule has 2 aromatic carbocycles. The van der Waals surface area contributed by atoms with Crippen LogP contribution in [-0.4, -0.2) is 27.8 Å². The molecule has 0 radical (unpaired) electrons. The highest BCUT2D eigenvalue weighted by molar-refractivity contribution is 6.02. The van der Waals surface area contributed by atoms with Crippen LogP contribution in [0.5, 0.6) is 5.88 Å². The number of rotatable bonds is 4. The van der Waals surface area contributed by atoms with E-state index in [1.165, 1.54) is 10.9 Å². The number of fused-ring (bicyclic) bond motifs is 2. The highest BCUT2D eigenvalue weighted by Crippen LogP contribution is 2.26. The van der Waals surface area contributed by atoms with E-state index in [1.54, 1.807) is 6.21 Å². The number of H-pyrrole nitrogens is 2. The van der Waals surface area contributed by atoms with Gasteiger partial charge in [0, 0.05) is 40.8 Å². The van der Waals surface area contributed by atoms with E-state index in [4.69, 9.17) is 0 Å². The fourth-order valence-electron chi connectivity index (χ4n) is 3.13. The maximum atomic E-state index is 10.1. The Hall–Kier alpha value is -3.01. The zero-order chi connectivity index (χ0) is 16.5. The van der Waals surface area contributed by atoms with Crippen LogP contribution in [0.15, 0.2) is 53.7 Å². The molecule has 0 unspecified atom stereocenters. The van der Waals surface area contributed by atoms with Gasteiger partial charge >= 0.3 is 0 Å². The van der Waals surface area contributed by atoms with Crippen LogP contribution in [-0.2, 0) is 6.42 Å². The Bertz CT molecular complexity index is 1040. The first kappa shape index (κ1) is 14.6. The summed E-state index contributed by atoms with van der Waals surface area (Å²) in [6.45, 7) is 2.71. The third kappa shape index (κ3) is 2.56. The molecular formula is C20H19N3O. The molecule has 0 bridgehead atoms. The molecule has 0 saturated carbocycles. The number of aromatic amines is 2. The molecule has 0 aliphatic carbocycles. The Balaban J connectivity index is 1.53. The number of nitrogens with one attached hydrogen (secondary N) is 2. The smallest absolute Gasteiger partial charge is 0.198 e. The van der Waals surface area contributed by atoms with Gasteiger partial charge in [-0.2, -0.15) is 0 Å². The van der Waals surface area contributed by atoms with Crippen LogP contribution >= 0.6 is 0 Å². The molecule has 24 heavy (non-hydrogen) atoms. The van der Waals surface area contributed by atoms with Gasteiger partial charge in [-0.05, 0) is 36.6 Å². The summed E-state index contributed by atoms with van der Waals surface area (Å²) >= 11 is 0. The molecule has 4 nitrogen and oxygen atoms in total. The van der Waals surface area contributed by atoms with E-state index in [0.29, 0.717) is 6.54 Å². The monoisotopic (exact) mass is 317 g/mol. The Morgan fingerprint density at radius 1 is 1.08 bits per heavy atom. The molecule has 0 spiro atoms. The summed E-state index contributed by atoms with van der Waals surface area (Å²) in [5.74, 6) is 0.173. The first-order valence-electron chi connectivity index (χ1n) is 8.08. The Labute approximate surface area is 139 Å². The third-order valence-electron chi connectivity index (χ3n) is 4.38. The van der Waals surface area contributed by atoms with Gasteiger partial charge in [-0.1, -0.05) is 30.3 Å². The molecule has 2 aromatic heterocycles. The highest BCUT2D eigenvalue weighted by atomic mass is 16.3. The topological polar surface area (TPSA) is 64.2 Å². The summed E-state index contributed by atoms with van der Waals surface area (Å²) in [4.78, 5) is 10.8. The second-order valence-electron chi connectivity index (χ2n) is 6.08. The van der Waals surface area contributed by atoms with Gasteiger partial charge in [-0.3, -0.25) is 4.99 Å². The normalized spacial score (nSPS) is 11.9. The first-order chi connectivity index (χ1) is 11.7. The van der Waals surface area contributed by atoms with E-state index in [9.17, 15) is 5.11 Å². The van der Waals surface area contributed by atoms with Crippen LogP contribution in [0.1, 0.15) is 16.7 Å². The molecule has 3 N–H and O–H groups in total. The second kappa shape index (κ2) is 5.89. The molecule has 0 fully saturated rings. The summed E-state index contributed by atoms with van der Waals surface area (Å²) in [6.07, 6.45) is 4.67. The lowest BCUT2D eigenvalue weighted by Gasteiger charge is -1.97. The van der Waals surface area contributed by atoms with Crippen molar-refractivity contribution >= 4 is 28.0 Å². The number of para-hydroxylation sites is 1. The van der Waals surface area contributed by atoms with Gasteiger partial charge in [0.1, 0.15) is 0 Å². The van der Waals surface area contributed by atoms with Crippen molar-refractivity contribution in [2.24, 2.45) is 4.99 Å². The van der Waals surface area contributed by atoms with Crippen molar-refractivity contribution in [3.8, 4) is 5.88 Å². The van der Waals surface area contributed by atoms with Gasteiger partial charge in [0.25, 0.3) is 0 Å². The summed E-state index contributed by atoms with van der Waals surface area (Å²) in [6, 6.07) is 14.4. The number of hydrogen-bond donors (Lipinski definition) is 3. The molecule has 0 atom stereocenters. The number of aliphatic imine (C=N–C) groups is 1. The van der Waals surface area contributed by atoms with Gasteiger partial charge in [-0.15, -0.1) is 0 Å². The van der Waals surface area contributed by atoms with Gasteiger partial charge in [0.2, 0.25) is 0 Å². The minimum atomic E-state index is 0.173. The lowest BCUT2D eigenvalue weighted by atomic mass is 10.1. The predicted molar refractivity (Wildman–Crippen MR) is 99.2 cm³/mol. The summed E-state index contributed by atoms with van der Waals surface area (Å²) in [7, 11) is 0. The number of aryl methyl sites for hydroxylation is 1. The molecule has 0 aliphatic rings. The van der Waals surface area contributed by atoms with Crippen LogP contribution in [0.25, 0.3) is 21.8 Å².